The van der Waals surface area contributed by atoms with Crippen LogP contribution >= 0.6 is 11.6 Å². The molecule has 1 aromatic heterocycles. The summed E-state index contributed by atoms with van der Waals surface area (Å²) in [5.41, 5.74) is 1.79. The molecule has 4 rings (SSSR count). The van der Waals surface area contributed by atoms with Gasteiger partial charge in [-0.25, -0.2) is 4.79 Å². The van der Waals surface area contributed by atoms with Gasteiger partial charge in [-0.3, -0.25) is 10.1 Å². The van der Waals surface area contributed by atoms with E-state index in [1.54, 1.807) is 30.3 Å². The van der Waals surface area contributed by atoms with Crippen molar-refractivity contribution in [1.29, 1.82) is 0 Å². The van der Waals surface area contributed by atoms with Gasteiger partial charge in [-0.2, -0.15) is 9.78 Å². The van der Waals surface area contributed by atoms with Crippen molar-refractivity contribution in [3.05, 3.63) is 106 Å². The van der Waals surface area contributed by atoms with Gasteiger partial charge in [0.2, 0.25) is 5.88 Å². The molecule has 0 aliphatic heterocycles. The van der Waals surface area contributed by atoms with Crippen LogP contribution in [0.1, 0.15) is 10.4 Å². The molecular formula is C22H14ClN3O4. The molecule has 0 unspecified atom stereocenters. The third kappa shape index (κ3) is 3.92. The van der Waals surface area contributed by atoms with E-state index < -0.39 is 10.9 Å². The first-order valence-electron chi connectivity index (χ1n) is 8.90. The van der Waals surface area contributed by atoms with Crippen LogP contribution < -0.4 is 4.74 Å². The molecule has 4 aromatic rings. The van der Waals surface area contributed by atoms with Gasteiger partial charge in [0, 0.05) is 23.8 Å². The van der Waals surface area contributed by atoms with Gasteiger partial charge < -0.3 is 4.74 Å². The summed E-state index contributed by atoms with van der Waals surface area (Å²) in [6.07, 6.45) is 0. The van der Waals surface area contributed by atoms with Crippen molar-refractivity contribution in [3.63, 3.8) is 0 Å². The Bertz CT molecular complexity index is 1240. The van der Waals surface area contributed by atoms with E-state index in [1.807, 2.05) is 30.3 Å². The smallest absolute Gasteiger partial charge is 0.345 e. The van der Waals surface area contributed by atoms with Crippen molar-refractivity contribution in [1.82, 2.24) is 9.78 Å². The summed E-state index contributed by atoms with van der Waals surface area (Å²) in [4.78, 5) is 23.1. The Kier molecular flexibility index (Phi) is 5.28. The number of para-hydroxylation sites is 1. The molecule has 0 atom stereocenters. The first-order chi connectivity index (χ1) is 14.5. The van der Waals surface area contributed by atoms with E-state index in [2.05, 4.69) is 5.10 Å². The van der Waals surface area contributed by atoms with E-state index in [0.29, 0.717) is 16.4 Å². The number of nitrogens with zero attached hydrogens (tertiary/aromatic N) is 3. The molecule has 30 heavy (non-hydrogen) atoms. The van der Waals surface area contributed by atoms with Crippen LogP contribution in [-0.4, -0.2) is 20.7 Å². The van der Waals surface area contributed by atoms with Crippen molar-refractivity contribution >= 4 is 23.3 Å². The molecule has 0 N–H and O–H groups in total. The largest absolute Gasteiger partial charge is 0.404 e. The number of hydrogen-bond acceptors (Lipinski definition) is 5. The lowest BCUT2D eigenvalue weighted by atomic mass is 10.2. The number of carbonyl (C=O) groups is 1. The highest BCUT2D eigenvalue weighted by Crippen LogP contribution is 2.30. The van der Waals surface area contributed by atoms with E-state index in [0.717, 1.165) is 11.6 Å². The van der Waals surface area contributed by atoms with Gasteiger partial charge in [-0.15, -0.1) is 0 Å². The summed E-state index contributed by atoms with van der Waals surface area (Å²) in [5, 5.41) is 16.0. The number of non-ortho nitro benzene ring substituents is 1. The normalized spacial score (nSPS) is 10.6. The number of nitro benzene ring substituents is 1. The first kappa shape index (κ1) is 19.4. The Labute approximate surface area is 176 Å². The summed E-state index contributed by atoms with van der Waals surface area (Å²) in [7, 11) is 0. The number of benzene rings is 3. The average Bonchev–Trinajstić information content (AvgIpc) is 3.18. The summed E-state index contributed by atoms with van der Waals surface area (Å²) in [5.74, 6) is -0.607. The quantitative estimate of drug-likeness (QED) is 0.248. The van der Waals surface area contributed by atoms with Crippen LogP contribution in [0, 0.1) is 10.1 Å². The molecule has 3 aromatic carbocycles. The second-order valence-corrected chi connectivity index (χ2v) is 6.70. The van der Waals surface area contributed by atoms with E-state index in [9.17, 15) is 14.9 Å². The molecule has 0 amide bonds. The third-order valence-corrected chi connectivity index (χ3v) is 4.64. The Morgan fingerprint density at radius 2 is 1.70 bits per heavy atom. The molecule has 0 aliphatic rings. The van der Waals surface area contributed by atoms with Gasteiger partial charge >= 0.3 is 5.97 Å². The van der Waals surface area contributed by atoms with Crippen LogP contribution in [0.15, 0.2) is 84.9 Å². The fourth-order valence-corrected chi connectivity index (χ4v) is 3.10. The fraction of sp³-hybridized carbons (Fsp3) is 0. The minimum Gasteiger partial charge on any atom is -0.404 e. The van der Waals surface area contributed by atoms with Crippen LogP contribution in [0.2, 0.25) is 5.02 Å². The second kappa shape index (κ2) is 8.18. The number of esters is 1. The molecule has 0 aliphatic carbocycles. The maximum Gasteiger partial charge on any atom is 0.345 e. The van der Waals surface area contributed by atoms with Gasteiger partial charge in [0.15, 0.2) is 0 Å². The zero-order valence-electron chi connectivity index (χ0n) is 15.4. The number of halogens is 1. The molecular weight excluding hydrogens is 406 g/mol. The third-order valence-electron chi connectivity index (χ3n) is 4.32. The Hall–Kier alpha value is -3.97. The zero-order chi connectivity index (χ0) is 21.1. The van der Waals surface area contributed by atoms with Crippen LogP contribution in [-0.2, 0) is 0 Å². The number of rotatable bonds is 5. The van der Waals surface area contributed by atoms with Crippen molar-refractivity contribution in [2.24, 2.45) is 0 Å². The Morgan fingerprint density at radius 1 is 0.967 bits per heavy atom. The van der Waals surface area contributed by atoms with Crippen LogP contribution in [0.3, 0.4) is 0 Å². The molecule has 0 saturated carbocycles. The van der Waals surface area contributed by atoms with Crippen molar-refractivity contribution in [3.8, 4) is 22.8 Å². The Balaban J connectivity index is 1.76. The molecule has 0 bridgehead atoms. The minimum absolute atomic E-state index is 0.0531. The van der Waals surface area contributed by atoms with Gasteiger partial charge in [0.25, 0.3) is 5.69 Å². The lowest BCUT2D eigenvalue weighted by Crippen LogP contribution is -2.12. The van der Waals surface area contributed by atoms with Crippen molar-refractivity contribution in [2.45, 2.75) is 0 Å². The maximum atomic E-state index is 12.7. The SMILES string of the molecule is O=C(Oc1cc(-c2ccccc2)nn1-c1ccccc1Cl)c1cccc([N+](=O)[O-])c1. The van der Waals surface area contributed by atoms with E-state index in [-0.39, 0.29) is 17.1 Å². The van der Waals surface area contributed by atoms with Crippen LogP contribution in [0.5, 0.6) is 5.88 Å². The zero-order valence-corrected chi connectivity index (χ0v) is 16.2. The van der Waals surface area contributed by atoms with E-state index in [1.165, 1.54) is 22.9 Å². The maximum absolute atomic E-state index is 12.7. The molecule has 1 heterocycles. The number of aromatic nitrogens is 2. The van der Waals surface area contributed by atoms with Crippen LogP contribution in [0.4, 0.5) is 5.69 Å². The predicted molar refractivity (Wildman–Crippen MR) is 112 cm³/mol. The number of nitro groups is 1. The number of ether oxygens (including phenoxy) is 1. The highest BCUT2D eigenvalue weighted by Gasteiger charge is 2.19. The topological polar surface area (TPSA) is 87.3 Å². The van der Waals surface area contributed by atoms with Gasteiger partial charge in [-0.1, -0.05) is 60.1 Å². The molecule has 7 nitrogen and oxygen atoms in total. The van der Waals surface area contributed by atoms with Crippen molar-refractivity contribution < 1.29 is 14.5 Å². The first-order valence-corrected chi connectivity index (χ1v) is 9.28. The highest BCUT2D eigenvalue weighted by atomic mass is 35.5. The van der Waals surface area contributed by atoms with Gasteiger partial charge in [0.1, 0.15) is 0 Å². The van der Waals surface area contributed by atoms with E-state index in [4.69, 9.17) is 16.3 Å². The highest BCUT2D eigenvalue weighted by molar-refractivity contribution is 6.32. The monoisotopic (exact) mass is 419 g/mol. The molecule has 0 spiro atoms. The summed E-state index contributed by atoms with van der Waals surface area (Å²) in [6, 6.07) is 23.4. The van der Waals surface area contributed by atoms with Crippen molar-refractivity contribution in [2.75, 3.05) is 0 Å². The number of carbonyl (C=O) groups excluding carboxylic acids is 1. The second-order valence-electron chi connectivity index (χ2n) is 6.29. The summed E-state index contributed by atoms with van der Waals surface area (Å²) < 4.78 is 6.99. The molecule has 0 radical (unpaired) electrons. The number of hydrogen-bond donors (Lipinski definition) is 0. The van der Waals surface area contributed by atoms with Gasteiger partial charge in [-0.05, 0) is 18.2 Å². The Morgan fingerprint density at radius 3 is 2.43 bits per heavy atom. The van der Waals surface area contributed by atoms with E-state index >= 15 is 0 Å². The van der Waals surface area contributed by atoms with Gasteiger partial charge in [0.05, 0.1) is 26.9 Å². The summed E-state index contributed by atoms with van der Waals surface area (Å²) in [6.45, 7) is 0. The minimum atomic E-state index is -0.744. The summed E-state index contributed by atoms with van der Waals surface area (Å²) >= 11 is 6.32. The lowest BCUT2D eigenvalue weighted by molar-refractivity contribution is -0.384. The fourth-order valence-electron chi connectivity index (χ4n) is 2.88. The standard InChI is InChI=1S/C22H14ClN3O4/c23-18-11-4-5-12-20(18)25-21(14-19(24-25)15-7-2-1-3-8-15)30-22(27)16-9-6-10-17(13-16)26(28)29/h1-14H. The molecule has 0 saturated heterocycles. The predicted octanol–water partition coefficient (Wildman–Crippen LogP) is 5.32. The lowest BCUT2D eigenvalue weighted by Gasteiger charge is -2.09. The van der Waals surface area contributed by atoms with Crippen LogP contribution in [0.25, 0.3) is 16.9 Å². The average molecular weight is 420 g/mol. The molecule has 8 heteroatoms. The molecule has 148 valence electrons. The molecule has 0 fully saturated rings.